The highest BCUT2D eigenvalue weighted by atomic mass is 32.2. The Bertz CT molecular complexity index is 800. The molecule has 0 aliphatic heterocycles. The van der Waals surface area contributed by atoms with E-state index >= 15 is 0 Å². The topological polar surface area (TPSA) is 80.5 Å². The molecule has 22 heavy (non-hydrogen) atoms. The summed E-state index contributed by atoms with van der Waals surface area (Å²) in [5.74, 6) is 1.18. The average Bonchev–Trinajstić information content (AvgIpc) is 3.22. The molecule has 0 amide bonds. The smallest absolute Gasteiger partial charge is 0.277 e. The van der Waals surface area contributed by atoms with Gasteiger partial charge in [-0.15, -0.1) is 10.2 Å². The molecule has 6 nitrogen and oxygen atoms in total. The summed E-state index contributed by atoms with van der Waals surface area (Å²) in [6.45, 7) is 2.82. The maximum Gasteiger partial charge on any atom is 0.277 e. The van der Waals surface area contributed by atoms with Crippen LogP contribution in [0.15, 0.2) is 46.3 Å². The molecule has 0 aliphatic rings. The van der Waals surface area contributed by atoms with Gasteiger partial charge in [0.2, 0.25) is 0 Å². The Labute approximate surface area is 131 Å². The van der Waals surface area contributed by atoms with Crippen molar-refractivity contribution in [1.29, 1.82) is 5.26 Å². The summed E-state index contributed by atoms with van der Waals surface area (Å²) in [6.07, 6.45) is 3.59. The van der Waals surface area contributed by atoms with E-state index < -0.39 is 0 Å². The molecule has 3 aromatic rings. The van der Waals surface area contributed by atoms with Gasteiger partial charge in [-0.3, -0.25) is 4.68 Å². The van der Waals surface area contributed by atoms with E-state index in [4.69, 9.17) is 9.68 Å². The van der Waals surface area contributed by atoms with Crippen LogP contribution in [0.3, 0.4) is 0 Å². The third-order valence-corrected chi connectivity index (χ3v) is 3.95. The van der Waals surface area contributed by atoms with Crippen molar-refractivity contribution >= 4 is 11.8 Å². The van der Waals surface area contributed by atoms with E-state index in [1.54, 1.807) is 18.3 Å². The zero-order chi connectivity index (χ0) is 15.4. The van der Waals surface area contributed by atoms with E-state index in [0.717, 1.165) is 17.7 Å². The van der Waals surface area contributed by atoms with Crippen LogP contribution in [0, 0.1) is 11.3 Å². The molecule has 0 fully saturated rings. The van der Waals surface area contributed by atoms with Gasteiger partial charge in [0, 0.05) is 18.5 Å². The molecule has 2 heterocycles. The first-order valence-electron chi connectivity index (χ1n) is 6.76. The first kappa shape index (κ1) is 14.4. The second-order valence-corrected chi connectivity index (χ2v) is 5.48. The Hall–Kier alpha value is -2.59. The summed E-state index contributed by atoms with van der Waals surface area (Å²) in [5, 5.41) is 21.5. The van der Waals surface area contributed by atoms with Crippen LogP contribution in [0.25, 0.3) is 11.5 Å². The van der Waals surface area contributed by atoms with Crippen LogP contribution in [-0.2, 0) is 12.3 Å². The lowest BCUT2D eigenvalue weighted by molar-refractivity contribution is 0.466. The Morgan fingerprint density at radius 1 is 1.27 bits per heavy atom. The fourth-order valence-electron chi connectivity index (χ4n) is 1.85. The molecule has 7 heteroatoms. The third-order valence-electron chi connectivity index (χ3n) is 3.06. The first-order valence-corrected chi connectivity index (χ1v) is 7.75. The highest BCUT2D eigenvalue weighted by Gasteiger charge is 2.11. The van der Waals surface area contributed by atoms with Crippen molar-refractivity contribution in [3.05, 3.63) is 47.8 Å². The van der Waals surface area contributed by atoms with Crippen molar-refractivity contribution in [2.45, 2.75) is 24.4 Å². The second kappa shape index (κ2) is 6.45. The van der Waals surface area contributed by atoms with Gasteiger partial charge in [-0.05, 0) is 24.6 Å². The van der Waals surface area contributed by atoms with Crippen molar-refractivity contribution in [1.82, 2.24) is 20.0 Å². The lowest BCUT2D eigenvalue weighted by Gasteiger charge is -1.97. The van der Waals surface area contributed by atoms with Gasteiger partial charge in [0.25, 0.3) is 11.1 Å². The van der Waals surface area contributed by atoms with E-state index in [2.05, 4.69) is 21.4 Å². The van der Waals surface area contributed by atoms with Gasteiger partial charge in [-0.1, -0.05) is 23.9 Å². The quantitative estimate of drug-likeness (QED) is 0.673. The number of hydrogen-bond donors (Lipinski definition) is 0. The van der Waals surface area contributed by atoms with Crippen LogP contribution in [0.1, 0.15) is 18.1 Å². The van der Waals surface area contributed by atoms with Gasteiger partial charge in [0.1, 0.15) is 0 Å². The molecule has 0 atom stereocenters. The summed E-state index contributed by atoms with van der Waals surface area (Å²) in [4.78, 5) is 0. The van der Waals surface area contributed by atoms with E-state index in [0.29, 0.717) is 22.4 Å². The lowest BCUT2D eigenvalue weighted by atomic mass is 10.2. The largest absolute Gasteiger partial charge is 0.411 e. The number of nitrogens with zero attached hydrogens (tertiary/aromatic N) is 5. The van der Waals surface area contributed by atoms with Crippen molar-refractivity contribution in [3.63, 3.8) is 0 Å². The highest BCUT2D eigenvalue weighted by Crippen LogP contribution is 2.25. The zero-order valence-electron chi connectivity index (χ0n) is 11.9. The second-order valence-electron chi connectivity index (χ2n) is 4.56. The Kier molecular flexibility index (Phi) is 4.21. The van der Waals surface area contributed by atoms with Crippen LogP contribution >= 0.6 is 11.8 Å². The summed E-state index contributed by atoms with van der Waals surface area (Å²) in [5.41, 5.74) is 2.57. The van der Waals surface area contributed by atoms with Crippen molar-refractivity contribution in [2.75, 3.05) is 0 Å². The van der Waals surface area contributed by atoms with Crippen molar-refractivity contribution in [3.8, 4) is 17.5 Å². The molecule has 110 valence electrons. The van der Waals surface area contributed by atoms with E-state index in [-0.39, 0.29) is 0 Å². The molecule has 0 aliphatic carbocycles. The molecule has 0 bridgehead atoms. The number of rotatable bonds is 5. The summed E-state index contributed by atoms with van der Waals surface area (Å²) < 4.78 is 7.44. The monoisotopic (exact) mass is 311 g/mol. The van der Waals surface area contributed by atoms with Crippen LogP contribution in [0.2, 0.25) is 0 Å². The van der Waals surface area contributed by atoms with Crippen LogP contribution in [0.5, 0.6) is 0 Å². The van der Waals surface area contributed by atoms with Gasteiger partial charge < -0.3 is 4.42 Å². The number of nitriles is 1. The van der Waals surface area contributed by atoms with Gasteiger partial charge in [0.05, 0.1) is 23.4 Å². The Morgan fingerprint density at radius 3 is 2.77 bits per heavy atom. The number of thioether (sulfide) groups is 1. The van der Waals surface area contributed by atoms with Gasteiger partial charge in [-0.25, -0.2) is 0 Å². The van der Waals surface area contributed by atoms with E-state index in [1.165, 1.54) is 11.8 Å². The van der Waals surface area contributed by atoms with Crippen LogP contribution in [-0.4, -0.2) is 20.0 Å². The molecular weight excluding hydrogens is 298 g/mol. The van der Waals surface area contributed by atoms with Crippen molar-refractivity contribution < 1.29 is 4.42 Å². The normalized spacial score (nSPS) is 10.5. The average molecular weight is 311 g/mol. The van der Waals surface area contributed by atoms with Crippen LogP contribution in [0.4, 0.5) is 0 Å². The predicted octanol–water partition coefficient (Wildman–Crippen LogP) is 3.12. The molecule has 0 saturated carbocycles. The summed E-state index contributed by atoms with van der Waals surface area (Å²) in [6, 6.07) is 9.55. The maximum absolute atomic E-state index is 8.77. The van der Waals surface area contributed by atoms with E-state index in [1.807, 2.05) is 29.9 Å². The standard InChI is InChI=1S/C15H13N5OS/c1-2-20-9-13(8-17-20)14-18-19-15(21-14)22-10-12-5-3-11(7-16)4-6-12/h3-6,8-9H,2,10H2,1H3. The minimum atomic E-state index is 0.474. The molecule has 0 N–H and O–H groups in total. The fourth-order valence-corrected chi connectivity index (χ4v) is 2.57. The fraction of sp³-hybridized carbons (Fsp3) is 0.200. The molecule has 2 aromatic heterocycles. The SMILES string of the molecule is CCn1cc(-c2nnc(SCc3ccc(C#N)cc3)o2)cn1. The molecule has 3 rings (SSSR count). The number of aromatic nitrogens is 4. The van der Waals surface area contributed by atoms with Crippen LogP contribution < -0.4 is 0 Å². The molecule has 0 radical (unpaired) electrons. The highest BCUT2D eigenvalue weighted by molar-refractivity contribution is 7.98. The summed E-state index contributed by atoms with van der Waals surface area (Å²) >= 11 is 1.46. The minimum absolute atomic E-state index is 0.474. The molecule has 1 aromatic carbocycles. The van der Waals surface area contributed by atoms with Crippen molar-refractivity contribution in [2.24, 2.45) is 0 Å². The number of hydrogen-bond acceptors (Lipinski definition) is 6. The maximum atomic E-state index is 8.77. The lowest BCUT2D eigenvalue weighted by Crippen LogP contribution is -1.91. The number of benzene rings is 1. The van der Waals surface area contributed by atoms with Gasteiger partial charge >= 0.3 is 0 Å². The summed E-state index contributed by atoms with van der Waals surface area (Å²) in [7, 11) is 0. The van der Waals surface area contributed by atoms with Gasteiger partial charge in [-0.2, -0.15) is 10.4 Å². The van der Waals surface area contributed by atoms with E-state index in [9.17, 15) is 0 Å². The molecular formula is C15H13N5OS. The number of aryl methyl sites for hydroxylation is 1. The predicted molar refractivity (Wildman–Crippen MR) is 81.9 cm³/mol. The minimum Gasteiger partial charge on any atom is -0.411 e. The van der Waals surface area contributed by atoms with Gasteiger partial charge in [0.15, 0.2) is 0 Å². The molecule has 0 saturated heterocycles. The Morgan fingerprint density at radius 2 is 2.09 bits per heavy atom. The molecule has 0 unspecified atom stereocenters. The Balaban J connectivity index is 1.65. The third kappa shape index (κ3) is 3.18. The zero-order valence-corrected chi connectivity index (χ0v) is 12.7. The molecule has 0 spiro atoms. The first-order chi connectivity index (χ1) is 10.8.